The zero-order valence-electron chi connectivity index (χ0n) is 11.8. The first kappa shape index (κ1) is 13.6. The molecule has 1 aromatic carbocycles. The van der Waals surface area contributed by atoms with Crippen molar-refractivity contribution in [3.8, 4) is 0 Å². The van der Waals surface area contributed by atoms with Gasteiger partial charge in [0.15, 0.2) is 0 Å². The van der Waals surface area contributed by atoms with E-state index in [0.29, 0.717) is 19.6 Å². The molecule has 0 spiro atoms. The molecule has 0 bridgehead atoms. The van der Waals surface area contributed by atoms with Gasteiger partial charge in [0, 0.05) is 24.6 Å². The second kappa shape index (κ2) is 5.55. The van der Waals surface area contributed by atoms with E-state index in [1.807, 2.05) is 31.2 Å². The smallest absolute Gasteiger partial charge is 0.414 e. The number of nitrogens with zero attached hydrogens (tertiary/aromatic N) is 2. The highest BCUT2D eigenvalue weighted by molar-refractivity contribution is 6.06. The summed E-state index contributed by atoms with van der Waals surface area (Å²) in [5.74, 6) is 0.0310. The minimum Gasteiger partial charge on any atom is -0.449 e. The summed E-state index contributed by atoms with van der Waals surface area (Å²) in [6, 6.07) is 7.61. The Bertz CT molecular complexity index is 595. The molecule has 6 heteroatoms. The van der Waals surface area contributed by atoms with Crippen LogP contribution in [0.5, 0.6) is 0 Å². The van der Waals surface area contributed by atoms with Crippen LogP contribution >= 0.6 is 0 Å². The second-order valence-corrected chi connectivity index (χ2v) is 5.30. The second-order valence-electron chi connectivity index (χ2n) is 5.30. The Morgan fingerprint density at radius 3 is 2.71 bits per heavy atom. The van der Waals surface area contributed by atoms with E-state index in [0.717, 1.165) is 23.4 Å². The van der Waals surface area contributed by atoms with E-state index < -0.39 is 0 Å². The third-order valence-electron chi connectivity index (χ3n) is 3.71. The van der Waals surface area contributed by atoms with Gasteiger partial charge in [-0.2, -0.15) is 5.10 Å². The Balaban J connectivity index is 1.81. The predicted molar refractivity (Wildman–Crippen MR) is 78.2 cm³/mol. The van der Waals surface area contributed by atoms with Crippen LogP contribution in [0.3, 0.4) is 0 Å². The minimum atomic E-state index is -0.301. The molecule has 1 fully saturated rings. The lowest BCUT2D eigenvalue weighted by molar-refractivity contribution is -0.121. The number of carbonyl (C=O) groups is 2. The zero-order valence-corrected chi connectivity index (χ0v) is 11.8. The molecule has 1 N–H and O–H groups in total. The highest BCUT2D eigenvalue weighted by atomic mass is 16.6. The summed E-state index contributed by atoms with van der Waals surface area (Å²) in [4.78, 5) is 24.6. The molecule has 6 nitrogen and oxygen atoms in total. The van der Waals surface area contributed by atoms with E-state index in [4.69, 9.17) is 4.74 Å². The molecule has 2 heterocycles. The maximum Gasteiger partial charge on any atom is 0.414 e. The molecule has 2 amide bonds. The van der Waals surface area contributed by atoms with Crippen LogP contribution in [0, 0.1) is 5.92 Å². The van der Waals surface area contributed by atoms with E-state index in [1.165, 1.54) is 0 Å². The average Bonchev–Trinajstić information content (AvgIpc) is 2.48. The number of ether oxygens (including phenoxy) is 1. The van der Waals surface area contributed by atoms with Crippen LogP contribution in [0.25, 0.3) is 0 Å². The molecule has 0 aromatic heterocycles. The highest BCUT2D eigenvalue weighted by Gasteiger charge is 2.23. The van der Waals surface area contributed by atoms with Gasteiger partial charge < -0.3 is 4.74 Å². The Labute approximate surface area is 122 Å². The fourth-order valence-electron chi connectivity index (χ4n) is 2.60. The van der Waals surface area contributed by atoms with Gasteiger partial charge in [-0.05, 0) is 24.1 Å². The topological polar surface area (TPSA) is 71.0 Å². The number of rotatable bonds is 2. The molecule has 21 heavy (non-hydrogen) atoms. The van der Waals surface area contributed by atoms with Gasteiger partial charge in [0.1, 0.15) is 0 Å². The normalized spacial score (nSPS) is 22.4. The fraction of sp³-hybridized carbons (Fsp3) is 0.400. The maximum absolute atomic E-state index is 11.7. The fourth-order valence-corrected chi connectivity index (χ4v) is 2.60. The first-order chi connectivity index (χ1) is 10.1. The molecule has 1 aromatic rings. The number of hydrogen-bond donors (Lipinski definition) is 1. The average molecular weight is 287 g/mol. The molecule has 2 aliphatic rings. The molecule has 1 atom stereocenters. The van der Waals surface area contributed by atoms with Crippen molar-refractivity contribution >= 4 is 23.4 Å². The molecule has 0 radical (unpaired) electrons. The molecule has 0 aliphatic carbocycles. The first-order valence-corrected chi connectivity index (χ1v) is 7.06. The lowest BCUT2D eigenvalue weighted by atomic mass is 9.94. The Morgan fingerprint density at radius 2 is 2.05 bits per heavy atom. The van der Waals surface area contributed by atoms with Crippen LogP contribution in [-0.2, 0) is 9.53 Å². The van der Waals surface area contributed by atoms with Crippen molar-refractivity contribution in [1.82, 2.24) is 5.43 Å². The highest BCUT2D eigenvalue weighted by Crippen LogP contribution is 2.22. The molecular formula is C15H17N3O3. The summed E-state index contributed by atoms with van der Waals surface area (Å²) < 4.78 is 5.04. The van der Waals surface area contributed by atoms with E-state index in [1.54, 1.807) is 4.90 Å². The number of cyclic esters (lactones) is 1. The molecular weight excluding hydrogens is 270 g/mol. The standard InChI is InChI=1S/C15H17N3O3/c1-10-9-13(19)16-17-14(10)11-3-5-12(6-4-11)18-7-2-8-21-15(18)20/h3-6,10H,2,7-9H2,1H3,(H,16,19)/t10-/m1/s1. The SMILES string of the molecule is C[C@@H]1CC(=O)NN=C1c1ccc(N2CCCOC2=O)cc1. The molecule has 0 unspecified atom stereocenters. The summed E-state index contributed by atoms with van der Waals surface area (Å²) in [5.41, 5.74) is 5.15. The van der Waals surface area contributed by atoms with Crippen LogP contribution in [0.2, 0.25) is 0 Å². The number of anilines is 1. The van der Waals surface area contributed by atoms with Crippen LogP contribution in [0.15, 0.2) is 29.4 Å². The van der Waals surface area contributed by atoms with Gasteiger partial charge in [-0.1, -0.05) is 19.1 Å². The van der Waals surface area contributed by atoms with Crippen molar-refractivity contribution < 1.29 is 14.3 Å². The van der Waals surface area contributed by atoms with Crippen LogP contribution < -0.4 is 10.3 Å². The van der Waals surface area contributed by atoms with E-state index in [2.05, 4.69) is 10.5 Å². The summed E-state index contributed by atoms with van der Waals surface area (Å²) in [7, 11) is 0. The van der Waals surface area contributed by atoms with Gasteiger partial charge in [-0.25, -0.2) is 10.2 Å². The van der Waals surface area contributed by atoms with Crippen LogP contribution in [0.4, 0.5) is 10.5 Å². The Hall–Kier alpha value is -2.37. The Morgan fingerprint density at radius 1 is 1.29 bits per heavy atom. The number of hydrogen-bond acceptors (Lipinski definition) is 4. The number of hydrazone groups is 1. The number of amides is 2. The largest absolute Gasteiger partial charge is 0.449 e. The van der Waals surface area contributed by atoms with Crippen molar-refractivity contribution in [2.24, 2.45) is 11.0 Å². The van der Waals surface area contributed by atoms with E-state index in [9.17, 15) is 9.59 Å². The number of carbonyl (C=O) groups excluding carboxylic acids is 2. The summed E-state index contributed by atoms with van der Waals surface area (Å²) in [6.07, 6.45) is 0.979. The maximum atomic E-state index is 11.7. The number of benzene rings is 1. The van der Waals surface area contributed by atoms with Gasteiger partial charge in [0.05, 0.1) is 12.3 Å². The minimum absolute atomic E-state index is 0.0565. The van der Waals surface area contributed by atoms with E-state index in [-0.39, 0.29) is 17.9 Å². The van der Waals surface area contributed by atoms with Crippen molar-refractivity contribution in [3.63, 3.8) is 0 Å². The van der Waals surface area contributed by atoms with Gasteiger partial charge in [0.2, 0.25) is 5.91 Å². The van der Waals surface area contributed by atoms with Crippen molar-refractivity contribution in [1.29, 1.82) is 0 Å². The molecule has 1 saturated heterocycles. The van der Waals surface area contributed by atoms with Crippen molar-refractivity contribution in [2.45, 2.75) is 19.8 Å². The monoisotopic (exact) mass is 287 g/mol. The zero-order chi connectivity index (χ0) is 14.8. The molecule has 110 valence electrons. The molecule has 3 rings (SSSR count). The van der Waals surface area contributed by atoms with Crippen molar-refractivity contribution in [3.05, 3.63) is 29.8 Å². The van der Waals surface area contributed by atoms with Gasteiger partial charge >= 0.3 is 6.09 Å². The summed E-state index contributed by atoms with van der Waals surface area (Å²) >= 11 is 0. The molecule has 2 aliphatic heterocycles. The third-order valence-corrected chi connectivity index (χ3v) is 3.71. The lowest BCUT2D eigenvalue weighted by Crippen LogP contribution is -2.37. The predicted octanol–water partition coefficient (Wildman–Crippen LogP) is 1.89. The quantitative estimate of drug-likeness (QED) is 0.903. The van der Waals surface area contributed by atoms with Gasteiger partial charge in [-0.15, -0.1) is 0 Å². The molecule has 0 saturated carbocycles. The van der Waals surface area contributed by atoms with Crippen LogP contribution in [-0.4, -0.2) is 30.9 Å². The van der Waals surface area contributed by atoms with Gasteiger partial charge in [-0.3, -0.25) is 9.69 Å². The van der Waals surface area contributed by atoms with Crippen molar-refractivity contribution in [2.75, 3.05) is 18.1 Å². The number of nitrogens with one attached hydrogen (secondary N) is 1. The van der Waals surface area contributed by atoms with Crippen LogP contribution in [0.1, 0.15) is 25.3 Å². The van der Waals surface area contributed by atoms with E-state index >= 15 is 0 Å². The first-order valence-electron chi connectivity index (χ1n) is 7.06. The third kappa shape index (κ3) is 2.74. The van der Waals surface area contributed by atoms with Gasteiger partial charge in [0.25, 0.3) is 0 Å². The summed E-state index contributed by atoms with van der Waals surface area (Å²) in [5, 5.41) is 4.13. The summed E-state index contributed by atoms with van der Waals surface area (Å²) in [6.45, 7) is 3.14. The Kier molecular flexibility index (Phi) is 3.60. The lowest BCUT2D eigenvalue weighted by Gasteiger charge is -2.26.